The zero-order valence-corrected chi connectivity index (χ0v) is 17.0. The molecule has 6 nitrogen and oxygen atoms in total. The summed E-state index contributed by atoms with van der Waals surface area (Å²) >= 11 is 0. The Hall–Kier alpha value is -1.83. The topological polar surface area (TPSA) is 71.8 Å². The average molecular weight is 393 g/mol. The maximum absolute atomic E-state index is 12.8. The van der Waals surface area contributed by atoms with Crippen molar-refractivity contribution < 1.29 is 17.6 Å². The molecule has 0 amide bonds. The van der Waals surface area contributed by atoms with Crippen molar-refractivity contribution in [1.29, 1.82) is 0 Å². The molecule has 0 aliphatic carbocycles. The van der Waals surface area contributed by atoms with E-state index in [1.807, 2.05) is 26.0 Å². The lowest BCUT2D eigenvalue weighted by Crippen LogP contribution is -2.38. The summed E-state index contributed by atoms with van der Waals surface area (Å²) in [4.78, 5) is 2.55. The average Bonchev–Trinajstić information content (AvgIpc) is 3.16. The molecule has 148 valence electrons. The van der Waals surface area contributed by atoms with Crippen LogP contribution in [0.4, 0.5) is 0 Å². The van der Waals surface area contributed by atoms with E-state index < -0.39 is 10.0 Å². The third-order valence-corrected chi connectivity index (χ3v) is 6.74. The Morgan fingerprint density at radius 2 is 1.93 bits per heavy atom. The highest BCUT2D eigenvalue weighted by atomic mass is 32.2. The van der Waals surface area contributed by atoms with E-state index in [4.69, 9.17) is 9.15 Å². The molecule has 1 aromatic carbocycles. The van der Waals surface area contributed by atoms with Crippen molar-refractivity contribution in [3.63, 3.8) is 0 Å². The monoisotopic (exact) mass is 392 g/mol. The summed E-state index contributed by atoms with van der Waals surface area (Å²) in [6.07, 6.45) is 3.62. The molecule has 1 aromatic heterocycles. The maximum Gasteiger partial charge on any atom is 0.244 e. The van der Waals surface area contributed by atoms with Crippen LogP contribution < -0.4 is 9.46 Å². The highest BCUT2D eigenvalue weighted by Gasteiger charge is 2.24. The predicted octanol–water partition coefficient (Wildman–Crippen LogP) is 3.10. The number of methoxy groups -OCH3 is 1. The maximum atomic E-state index is 12.8. The fourth-order valence-electron chi connectivity index (χ4n) is 3.41. The van der Waals surface area contributed by atoms with Crippen molar-refractivity contribution in [3.8, 4) is 5.75 Å². The van der Waals surface area contributed by atoms with Crippen LogP contribution in [0.1, 0.15) is 29.7 Å². The van der Waals surface area contributed by atoms with Gasteiger partial charge in [0, 0.05) is 6.54 Å². The number of hydrogen-bond donors (Lipinski definition) is 1. The van der Waals surface area contributed by atoms with E-state index in [1.54, 1.807) is 18.4 Å². The summed E-state index contributed by atoms with van der Waals surface area (Å²) in [7, 11) is -2.10. The first-order valence-corrected chi connectivity index (χ1v) is 10.8. The number of hydrogen-bond acceptors (Lipinski definition) is 5. The van der Waals surface area contributed by atoms with Crippen LogP contribution >= 0.6 is 0 Å². The first kappa shape index (κ1) is 19.9. The minimum atomic E-state index is -3.60. The largest absolute Gasteiger partial charge is 0.495 e. The zero-order chi connectivity index (χ0) is 19.4. The van der Waals surface area contributed by atoms with Gasteiger partial charge < -0.3 is 9.15 Å². The molecule has 1 aliphatic rings. The number of aryl methyl sites for hydroxylation is 2. The van der Waals surface area contributed by atoms with Crippen LogP contribution in [0.15, 0.2) is 39.8 Å². The van der Waals surface area contributed by atoms with E-state index in [0.29, 0.717) is 18.2 Å². The van der Waals surface area contributed by atoms with Gasteiger partial charge in [-0.15, -0.1) is 0 Å². The molecule has 0 spiro atoms. The first-order chi connectivity index (χ1) is 12.9. The molecule has 2 heterocycles. The number of likely N-dealkylation sites (tertiary alicyclic amines) is 1. The number of piperidine rings is 1. The molecule has 1 saturated heterocycles. The van der Waals surface area contributed by atoms with Crippen LogP contribution in [0.2, 0.25) is 0 Å². The lowest BCUT2D eigenvalue weighted by atomic mass is 9.97. The Labute approximate surface area is 161 Å². The molecule has 3 rings (SSSR count). The summed E-state index contributed by atoms with van der Waals surface area (Å²) in [5.74, 6) is 1.69. The fourth-order valence-corrected chi connectivity index (χ4v) is 4.76. The Morgan fingerprint density at radius 1 is 1.22 bits per heavy atom. The van der Waals surface area contributed by atoms with Gasteiger partial charge in [-0.25, -0.2) is 13.1 Å². The van der Waals surface area contributed by atoms with Crippen molar-refractivity contribution in [3.05, 3.63) is 47.4 Å². The summed E-state index contributed by atoms with van der Waals surface area (Å²) < 4.78 is 39.0. The van der Waals surface area contributed by atoms with E-state index in [1.165, 1.54) is 7.11 Å². The van der Waals surface area contributed by atoms with Crippen LogP contribution in [0.25, 0.3) is 0 Å². The zero-order valence-electron chi connectivity index (χ0n) is 16.2. The molecule has 1 N–H and O–H groups in total. The van der Waals surface area contributed by atoms with Crippen molar-refractivity contribution in [2.75, 3.05) is 26.7 Å². The van der Waals surface area contributed by atoms with Gasteiger partial charge in [-0.3, -0.25) is 4.90 Å². The van der Waals surface area contributed by atoms with Gasteiger partial charge in [0.25, 0.3) is 0 Å². The molecule has 0 bridgehead atoms. The molecule has 2 aromatic rings. The third kappa shape index (κ3) is 4.91. The summed E-state index contributed by atoms with van der Waals surface area (Å²) in [5.41, 5.74) is 1.94. The molecule has 0 unspecified atom stereocenters. The molecular formula is C20H28N2O4S. The molecule has 1 fully saturated rings. The van der Waals surface area contributed by atoms with Gasteiger partial charge in [0.1, 0.15) is 16.4 Å². The Bertz CT molecular complexity index is 854. The van der Waals surface area contributed by atoms with E-state index in [2.05, 4.69) is 9.62 Å². The van der Waals surface area contributed by atoms with Gasteiger partial charge in [0.15, 0.2) is 0 Å². The predicted molar refractivity (Wildman–Crippen MR) is 104 cm³/mol. The molecule has 0 atom stereocenters. The Kier molecular flexibility index (Phi) is 6.24. The van der Waals surface area contributed by atoms with Gasteiger partial charge in [-0.1, -0.05) is 0 Å². The first-order valence-electron chi connectivity index (χ1n) is 9.28. The highest BCUT2D eigenvalue weighted by Crippen LogP contribution is 2.27. The van der Waals surface area contributed by atoms with Crippen LogP contribution in [0.5, 0.6) is 5.75 Å². The number of nitrogens with zero attached hydrogens (tertiary/aromatic N) is 1. The molecule has 7 heteroatoms. The molecule has 0 radical (unpaired) electrons. The third-order valence-electron chi connectivity index (χ3n) is 5.30. The number of benzene rings is 1. The van der Waals surface area contributed by atoms with E-state index in [-0.39, 0.29) is 4.90 Å². The second-order valence-electron chi connectivity index (χ2n) is 7.24. The molecule has 0 saturated carbocycles. The minimum Gasteiger partial charge on any atom is -0.495 e. The Balaban J connectivity index is 1.56. The smallest absolute Gasteiger partial charge is 0.244 e. The summed E-state index contributed by atoms with van der Waals surface area (Å²) in [6, 6.07) is 7.34. The van der Waals surface area contributed by atoms with E-state index >= 15 is 0 Å². The number of nitrogens with one attached hydrogen (secondary N) is 1. The van der Waals surface area contributed by atoms with Gasteiger partial charge in [0.2, 0.25) is 10.0 Å². The molecule has 1 aliphatic heterocycles. The van der Waals surface area contributed by atoms with Crippen molar-refractivity contribution in [2.24, 2.45) is 5.92 Å². The lowest BCUT2D eigenvalue weighted by molar-refractivity contribution is 0.168. The van der Waals surface area contributed by atoms with Crippen LogP contribution in [-0.4, -0.2) is 40.1 Å². The number of rotatable bonds is 7. The van der Waals surface area contributed by atoms with Crippen molar-refractivity contribution in [1.82, 2.24) is 9.62 Å². The van der Waals surface area contributed by atoms with Crippen LogP contribution in [0, 0.1) is 19.8 Å². The molecule has 27 heavy (non-hydrogen) atoms. The van der Waals surface area contributed by atoms with Gasteiger partial charge >= 0.3 is 0 Å². The SMILES string of the molecule is COc1cc(C)c(C)cc1S(=O)(=O)NCC1CCN(Cc2ccco2)CC1. The number of furan rings is 1. The van der Waals surface area contributed by atoms with Gasteiger partial charge in [-0.2, -0.15) is 0 Å². The van der Waals surface area contributed by atoms with Gasteiger partial charge in [-0.05, 0) is 81.1 Å². The van der Waals surface area contributed by atoms with Crippen molar-refractivity contribution in [2.45, 2.75) is 38.1 Å². The minimum absolute atomic E-state index is 0.211. The highest BCUT2D eigenvalue weighted by molar-refractivity contribution is 7.89. The van der Waals surface area contributed by atoms with Crippen LogP contribution in [-0.2, 0) is 16.6 Å². The van der Waals surface area contributed by atoms with Gasteiger partial charge in [0.05, 0.1) is 19.9 Å². The second kappa shape index (κ2) is 8.46. The summed E-state index contributed by atoms with van der Waals surface area (Å²) in [5, 5.41) is 0. The normalized spacial score (nSPS) is 16.6. The Morgan fingerprint density at radius 3 is 2.56 bits per heavy atom. The van der Waals surface area contributed by atoms with Crippen molar-refractivity contribution >= 4 is 10.0 Å². The van der Waals surface area contributed by atoms with E-state index in [0.717, 1.165) is 49.4 Å². The lowest BCUT2D eigenvalue weighted by Gasteiger charge is -2.31. The standard InChI is InChI=1S/C20H28N2O4S/c1-15-11-19(25-3)20(12-16(15)2)27(23,24)21-13-17-6-8-22(9-7-17)14-18-5-4-10-26-18/h4-5,10-12,17,21H,6-9,13-14H2,1-3H3. The number of sulfonamides is 1. The quantitative estimate of drug-likeness (QED) is 0.784. The van der Waals surface area contributed by atoms with Crippen LogP contribution in [0.3, 0.4) is 0 Å². The summed E-state index contributed by atoms with van der Waals surface area (Å²) in [6.45, 7) is 7.00. The second-order valence-corrected chi connectivity index (χ2v) is 8.97. The number of ether oxygens (including phenoxy) is 1. The molecular weight excluding hydrogens is 364 g/mol. The van der Waals surface area contributed by atoms with E-state index in [9.17, 15) is 8.42 Å². The fraction of sp³-hybridized carbons (Fsp3) is 0.500.